The molecule has 0 rings (SSSR count). The first-order valence-corrected chi connectivity index (χ1v) is 2.78. The van der Waals surface area contributed by atoms with Crippen LogP contribution in [0.3, 0.4) is 0 Å². The first kappa shape index (κ1) is 16.2. The van der Waals surface area contributed by atoms with Crippen molar-refractivity contribution in [2.45, 2.75) is 39.9 Å². The number of hydrogen-bond acceptors (Lipinski definition) is 2. The fourth-order valence-corrected chi connectivity index (χ4v) is 0. The van der Waals surface area contributed by atoms with Crippen molar-refractivity contribution in [2.24, 2.45) is 0 Å². The summed E-state index contributed by atoms with van der Waals surface area (Å²) in [6.45, 7) is 6.44. The van der Waals surface area contributed by atoms with E-state index in [1.54, 1.807) is 27.7 Å². The predicted molar refractivity (Wildman–Crippen MR) is 30.3 cm³/mol. The van der Waals surface area contributed by atoms with Gasteiger partial charge in [-0.3, -0.25) is 0 Å². The maximum absolute atomic E-state index is 9.53. The van der Waals surface area contributed by atoms with Crippen molar-refractivity contribution in [3.05, 3.63) is 0 Å². The summed E-state index contributed by atoms with van der Waals surface area (Å²) in [6.07, 6.45) is -0.833. The van der Waals surface area contributed by atoms with Gasteiger partial charge in [0.1, 0.15) is 0 Å². The van der Waals surface area contributed by atoms with Crippen molar-refractivity contribution in [2.75, 3.05) is 0 Å². The molecule has 0 bridgehead atoms. The third-order valence-corrected chi connectivity index (χ3v) is 0. The van der Waals surface area contributed by atoms with E-state index in [4.69, 9.17) is 0 Å². The molecule has 0 aliphatic carbocycles. The van der Waals surface area contributed by atoms with Gasteiger partial charge in [-0.15, -0.1) is 12.2 Å². The fourth-order valence-electron chi connectivity index (χ4n) is 0. The summed E-state index contributed by atoms with van der Waals surface area (Å²) in [6, 6.07) is 0. The quantitative estimate of drug-likeness (QED) is 0.468. The van der Waals surface area contributed by atoms with Crippen molar-refractivity contribution in [1.29, 1.82) is 0 Å². The molecule has 0 radical (unpaired) electrons. The second-order valence-electron chi connectivity index (χ2n) is 2.10. The van der Waals surface area contributed by atoms with Gasteiger partial charge in [0.25, 0.3) is 0 Å². The van der Waals surface area contributed by atoms with Crippen molar-refractivity contribution in [3.63, 3.8) is 0 Å². The fraction of sp³-hybridized carbons (Fsp3) is 1.00. The molecule has 0 unspecified atom stereocenters. The van der Waals surface area contributed by atoms with Crippen LogP contribution in [0.25, 0.3) is 0 Å². The Hall–Kier alpha value is 0.414. The van der Waals surface area contributed by atoms with Crippen molar-refractivity contribution < 1.29 is 26.7 Å². The van der Waals surface area contributed by atoms with E-state index in [-0.39, 0.29) is 16.5 Å². The molecule has 0 spiro atoms. The Labute approximate surface area is 67.2 Å². The first-order chi connectivity index (χ1) is 3.46. The summed E-state index contributed by atoms with van der Waals surface area (Å²) in [5, 5.41) is 19.1. The van der Waals surface area contributed by atoms with Crippen LogP contribution in [-0.4, -0.2) is 12.2 Å². The van der Waals surface area contributed by atoms with Crippen molar-refractivity contribution in [3.8, 4) is 0 Å². The van der Waals surface area contributed by atoms with Crippen LogP contribution >= 0.6 is 0 Å². The van der Waals surface area contributed by atoms with E-state index in [2.05, 4.69) is 0 Å². The van der Waals surface area contributed by atoms with Crippen LogP contribution in [0.15, 0.2) is 0 Å². The van der Waals surface area contributed by atoms with E-state index >= 15 is 0 Å². The molecule has 0 aromatic rings. The van der Waals surface area contributed by atoms with Gasteiger partial charge in [0.2, 0.25) is 0 Å². The summed E-state index contributed by atoms with van der Waals surface area (Å²) < 4.78 is 0. The van der Waals surface area contributed by atoms with Crippen LogP contribution in [0.5, 0.6) is 0 Å². The smallest absolute Gasteiger partial charge is 0.852 e. The zero-order valence-corrected chi connectivity index (χ0v) is 7.28. The van der Waals surface area contributed by atoms with Gasteiger partial charge in [-0.05, 0) is 0 Å². The molecule has 0 aromatic heterocycles. The van der Waals surface area contributed by atoms with Gasteiger partial charge in [0.15, 0.2) is 0 Å². The molecular formula is C6H14NiO2. The number of hydrogen-bond donors (Lipinski definition) is 0. The number of rotatable bonds is 0. The van der Waals surface area contributed by atoms with Gasteiger partial charge in [-0.2, -0.15) is 0 Å². The third kappa shape index (κ3) is 2020. The molecule has 0 aliphatic rings. The summed E-state index contributed by atoms with van der Waals surface area (Å²) in [7, 11) is 0. The third-order valence-electron chi connectivity index (χ3n) is 0. The summed E-state index contributed by atoms with van der Waals surface area (Å²) in [5.74, 6) is 0. The van der Waals surface area contributed by atoms with E-state index in [0.717, 1.165) is 0 Å². The van der Waals surface area contributed by atoms with Gasteiger partial charge in [0, 0.05) is 0 Å². The Morgan fingerprint density at radius 1 is 0.778 bits per heavy atom. The SMILES string of the molecule is CC(C)[O-].CC(C)[O-].[Ni+2]. The van der Waals surface area contributed by atoms with Gasteiger partial charge < -0.3 is 10.2 Å². The molecule has 9 heavy (non-hydrogen) atoms. The second-order valence-corrected chi connectivity index (χ2v) is 2.10. The molecule has 0 atom stereocenters. The zero-order chi connectivity index (χ0) is 7.15. The molecule has 0 fully saturated rings. The molecule has 0 saturated heterocycles. The second kappa shape index (κ2) is 11.2. The van der Waals surface area contributed by atoms with Crippen molar-refractivity contribution in [1.82, 2.24) is 0 Å². The Morgan fingerprint density at radius 3 is 0.778 bits per heavy atom. The predicted octanol–water partition coefficient (Wildman–Crippen LogP) is -0.492. The molecular weight excluding hydrogens is 163 g/mol. The molecule has 2 nitrogen and oxygen atoms in total. The van der Waals surface area contributed by atoms with E-state index in [0.29, 0.717) is 0 Å². The normalized spacial score (nSPS) is 8.00. The Bertz CT molecular complexity index is 26.5. The molecule has 0 saturated carbocycles. The van der Waals surface area contributed by atoms with Crippen LogP contribution in [0.2, 0.25) is 0 Å². The van der Waals surface area contributed by atoms with Gasteiger partial charge in [0.05, 0.1) is 0 Å². The van der Waals surface area contributed by atoms with Crippen LogP contribution in [0.1, 0.15) is 27.7 Å². The Kier molecular flexibility index (Phi) is 20.2. The van der Waals surface area contributed by atoms with Crippen molar-refractivity contribution >= 4 is 0 Å². The molecule has 0 N–H and O–H groups in total. The maximum atomic E-state index is 9.53. The van der Waals surface area contributed by atoms with Crippen LogP contribution in [-0.2, 0) is 16.5 Å². The zero-order valence-electron chi connectivity index (χ0n) is 6.29. The van der Waals surface area contributed by atoms with E-state index in [1.807, 2.05) is 0 Å². The monoisotopic (exact) mass is 176 g/mol. The summed E-state index contributed by atoms with van der Waals surface area (Å²) >= 11 is 0. The summed E-state index contributed by atoms with van der Waals surface area (Å²) in [4.78, 5) is 0. The average molecular weight is 177 g/mol. The Morgan fingerprint density at radius 2 is 0.778 bits per heavy atom. The van der Waals surface area contributed by atoms with Gasteiger partial charge >= 0.3 is 16.5 Å². The first-order valence-electron chi connectivity index (χ1n) is 2.78. The molecule has 0 aromatic carbocycles. The molecule has 0 heterocycles. The van der Waals surface area contributed by atoms with Crippen LogP contribution < -0.4 is 10.2 Å². The maximum Gasteiger partial charge on any atom is 2.00 e. The molecule has 0 aliphatic heterocycles. The minimum Gasteiger partial charge on any atom is -0.852 e. The topological polar surface area (TPSA) is 46.1 Å². The molecule has 60 valence electrons. The van der Waals surface area contributed by atoms with E-state index in [9.17, 15) is 10.2 Å². The minimum atomic E-state index is -0.417. The van der Waals surface area contributed by atoms with Crippen LogP contribution in [0, 0.1) is 0 Å². The molecule has 0 amide bonds. The van der Waals surface area contributed by atoms with Gasteiger partial charge in [-0.1, -0.05) is 27.7 Å². The average Bonchev–Trinajstić information content (AvgIpc) is 1.25. The van der Waals surface area contributed by atoms with Crippen LogP contribution in [0.4, 0.5) is 0 Å². The minimum absolute atomic E-state index is 0. The largest absolute Gasteiger partial charge is 2.00 e. The molecule has 3 heteroatoms. The van der Waals surface area contributed by atoms with Gasteiger partial charge in [-0.25, -0.2) is 0 Å². The van der Waals surface area contributed by atoms with E-state index in [1.165, 1.54) is 0 Å². The Balaban J connectivity index is -0.0000000720. The van der Waals surface area contributed by atoms with E-state index < -0.39 is 12.2 Å². The summed E-state index contributed by atoms with van der Waals surface area (Å²) in [5.41, 5.74) is 0. The standard InChI is InChI=1S/2C3H7O.Ni/c2*1-3(2)4;/h2*3H,1-2H3;/q2*-1;+2.